The average molecular weight is 265 g/mol. The Hall–Kier alpha value is -2.09. The van der Waals surface area contributed by atoms with Crippen molar-refractivity contribution in [3.8, 4) is 0 Å². The molecule has 3 rings (SSSR count). The Bertz CT molecular complexity index is 564. The smallest absolute Gasteiger partial charge is 0.223 e. The van der Waals surface area contributed by atoms with Crippen molar-refractivity contribution in [2.75, 3.05) is 6.54 Å². The van der Waals surface area contributed by atoms with Gasteiger partial charge in [-0.25, -0.2) is 0 Å². The van der Waals surface area contributed by atoms with Gasteiger partial charge in [0.05, 0.1) is 0 Å². The molecule has 0 radical (unpaired) electrons. The fourth-order valence-corrected chi connectivity index (χ4v) is 2.96. The van der Waals surface area contributed by atoms with Crippen LogP contribution in [0, 0.1) is 5.92 Å². The maximum Gasteiger partial charge on any atom is 0.223 e. The molecule has 0 saturated carbocycles. The molecule has 102 valence electrons. The summed E-state index contributed by atoms with van der Waals surface area (Å²) in [5, 5.41) is 3.06. The summed E-state index contributed by atoms with van der Waals surface area (Å²) in [6, 6.07) is 20.7. The molecule has 2 aromatic carbocycles. The first kappa shape index (κ1) is 12.9. The van der Waals surface area contributed by atoms with Gasteiger partial charge in [0, 0.05) is 18.4 Å². The molecule has 1 aliphatic heterocycles. The Morgan fingerprint density at radius 3 is 2.30 bits per heavy atom. The monoisotopic (exact) mass is 265 g/mol. The van der Waals surface area contributed by atoms with Gasteiger partial charge >= 0.3 is 0 Å². The van der Waals surface area contributed by atoms with Crippen molar-refractivity contribution in [3.05, 3.63) is 71.8 Å². The van der Waals surface area contributed by atoms with E-state index in [0.717, 1.165) is 19.4 Å². The largest absolute Gasteiger partial charge is 0.355 e. The van der Waals surface area contributed by atoms with E-state index < -0.39 is 0 Å². The van der Waals surface area contributed by atoms with E-state index in [-0.39, 0.29) is 11.8 Å². The molecule has 0 aliphatic carbocycles. The van der Waals surface area contributed by atoms with Gasteiger partial charge in [0.2, 0.25) is 5.91 Å². The van der Waals surface area contributed by atoms with Gasteiger partial charge in [-0.05, 0) is 24.0 Å². The molecule has 20 heavy (non-hydrogen) atoms. The zero-order chi connectivity index (χ0) is 13.8. The second-order valence-corrected chi connectivity index (χ2v) is 5.48. The third-order valence-corrected chi connectivity index (χ3v) is 4.06. The molecule has 1 fully saturated rings. The molecule has 0 spiro atoms. The highest BCUT2D eigenvalue weighted by Gasteiger charge is 2.29. The molecule has 0 aromatic heterocycles. The molecule has 2 nitrogen and oxygen atoms in total. The third-order valence-electron chi connectivity index (χ3n) is 4.06. The molecule has 2 aromatic rings. The maximum atomic E-state index is 12.1. The summed E-state index contributed by atoms with van der Waals surface area (Å²) >= 11 is 0. The van der Waals surface area contributed by atoms with Crippen molar-refractivity contribution in [2.24, 2.45) is 5.92 Å². The first-order chi connectivity index (χ1) is 9.83. The number of carbonyl (C=O) groups excluding carboxylic acids is 1. The molecule has 1 heterocycles. The SMILES string of the molecule is O=C1NCC(c2ccccc2)CC1Cc1ccccc1. The topological polar surface area (TPSA) is 29.1 Å². The van der Waals surface area contributed by atoms with Crippen LogP contribution < -0.4 is 5.32 Å². The molecule has 1 N–H and O–H groups in total. The summed E-state index contributed by atoms with van der Waals surface area (Å²) in [4.78, 5) is 12.1. The molecule has 1 amide bonds. The van der Waals surface area contributed by atoms with E-state index in [4.69, 9.17) is 0 Å². The lowest BCUT2D eigenvalue weighted by Gasteiger charge is -2.29. The number of carbonyl (C=O) groups is 1. The van der Waals surface area contributed by atoms with Crippen LogP contribution in [-0.2, 0) is 11.2 Å². The number of hydrogen-bond donors (Lipinski definition) is 1. The summed E-state index contributed by atoms with van der Waals surface area (Å²) in [5.74, 6) is 0.708. The minimum absolute atomic E-state index is 0.0800. The molecule has 1 saturated heterocycles. The first-order valence-electron chi connectivity index (χ1n) is 7.19. The van der Waals surface area contributed by atoms with Crippen LogP contribution in [0.5, 0.6) is 0 Å². The highest BCUT2D eigenvalue weighted by molar-refractivity contribution is 5.80. The lowest BCUT2D eigenvalue weighted by atomic mass is 9.82. The van der Waals surface area contributed by atoms with Crippen LogP contribution in [0.3, 0.4) is 0 Å². The van der Waals surface area contributed by atoms with Crippen LogP contribution in [0.1, 0.15) is 23.5 Å². The van der Waals surface area contributed by atoms with Gasteiger partial charge in [-0.3, -0.25) is 4.79 Å². The molecular formula is C18H19NO. The Labute approximate surface area is 119 Å². The van der Waals surface area contributed by atoms with Crippen molar-refractivity contribution in [1.29, 1.82) is 0 Å². The van der Waals surface area contributed by atoms with Gasteiger partial charge in [-0.15, -0.1) is 0 Å². The van der Waals surface area contributed by atoms with E-state index in [1.165, 1.54) is 11.1 Å². The highest BCUT2D eigenvalue weighted by Crippen LogP contribution is 2.28. The number of nitrogens with one attached hydrogen (secondary N) is 1. The van der Waals surface area contributed by atoms with E-state index >= 15 is 0 Å². The Balaban J connectivity index is 1.72. The number of rotatable bonds is 3. The van der Waals surface area contributed by atoms with Crippen molar-refractivity contribution < 1.29 is 4.79 Å². The van der Waals surface area contributed by atoms with Crippen molar-refractivity contribution >= 4 is 5.91 Å². The second-order valence-electron chi connectivity index (χ2n) is 5.48. The maximum absolute atomic E-state index is 12.1. The standard InChI is InChI=1S/C18H19NO/c20-18-16(11-14-7-3-1-4-8-14)12-17(13-19-18)15-9-5-2-6-10-15/h1-10,16-17H,11-13H2,(H,19,20). The summed E-state index contributed by atoms with van der Waals surface area (Å²) in [7, 11) is 0. The predicted molar refractivity (Wildman–Crippen MR) is 80.4 cm³/mol. The Morgan fingerprint density at radius 1 is 0.950 bits per heavy atom. The zero-order valence-corrected chi connectivity index (χ0v) is 11.5. The van der Waals surface area contributed by atoms with Crippen LogP contribution in [0.25, 0.3) is 0 Å². The van der Waals surface area contributed by atoms with E-state index in [2.05, 4.69) is 41.7 Å². The van der Waals surface area contributed by atoms with Crippen LogP contribution in [0.2, 0.25) is 0 Å². The number of hydrogen-bond acceptors (Lipinski definition) is 1. The van der Waals surface area contributed by atoms with E-state index in [0.29, 0.717) is 5.92 Å². The third kappa shape index (κ3) is 2.90. The first-order valence-corrected chi connectivity index (χ1v) is 7.19. The zero-order valence-electron chi connectivity index (χ0n) is 11.5. The summed E-state index contributed by atoms with van der Waals surface area (Å²) in [6.45, 7) is 0.758. The lowest BCUT2D eigenvalue weighted by molar-refractivity contribution is -0.126. The lowest BCUT2D eigenvalue weighted by Crippen LogP contribution is -2.41. The molecule has 2 heteroatoms. The van der Waals surface area contributed by atoms with Crippen LogP contribution in [0.4, 0.5) is 0 Å². The number of piperidine rings is 1. The van der Waals surface area contributed by atoms with Gasteiger partial charge in [-0.2, -0.15) is 0 Å². The second kappa shape index (κ2) is 5.91. The normalized spacial score (nSPS) is 22.3. The molecule has 2 atom stereocenters. The predicted octanol–water partition coefficient (Wildman–Crippen LogP) is 3.15. The van der Waals surface area contributed by atoms with E-state index in [1.54, 1.807) is 0 Å². The molecular weight excluding hydrogens is 246 g/mol. The molecule has 0 bridgehead atoms. The molecule has 1 aliphatic rings. The van der Waals surface area contributed by atoms with Gasteiger partial charge in [0.1, 0.15) is 0 Å². The fraction of sp³-hybridized carbons (Fsp3) is 0.278. The summed E-state index contributed by atoms with van der Waals surface area (Å²) in [5.41, 5.74) is 2.56. The minimum Gasteiger partial charge on any atom is -0.355 e. The van der Waals surface area contributed by atoms with Crippen molar-refractivity contribution in [2.45, 2.75) is 18.8 Å². The van der Waals surface area contributed by atoms with Crippen LogP contribution in [0.15, 0.2) is 60.7 Å². The van der Waals surface area contributed by atoms with Crippen LogP contribution in [-0.4, -0.2) is 12.5 Å². The van der Waals surface area contributed by atoms with Crippen LogP contribution >= 0.6 is 0 Å². The van der Waals surface area contributed by atoms with E-state index in [9.17, 15) is 4.79 Å². The number of benzene rings is 2. The average Bonchev–Trinajstić information content (AvgIpc) is 2.51. The summed E-state index contributed by atoms with van der Waals surface area (Å²) in [6.07, 6.45) is 1.76. The van der Waals surface area contributed by atoms with E-state index in [1.807, 2.05) is 24.3 Å². The Morgan fingerprint density at radius 2 is 1.60 bits per heavy atom. The van der Waals surface area contributed by atoms with Gasteiger partial charge in [0.15, 0.2) is 0 Å². The highest BCUT2D eigenvalue weighted by atomic mass is 16.1. The molecule has 2 unspecified atom stereocenters. The van der Waals surface area contributed by atoms with Gasteiger partial charge < -0.3 is 5.32 Å². The van der Waals surface area contributed by atoms with Crippen molar-refractivity contribution in [3.63, 3.8) is 0 Å². The minimum atomic E-state index is 0.0800. The van der Waals surface area contributed by atoms with Gasteiger partial charge in [0.25, 0.3) is 0 Å². The Kier molecular flexibility index (Phi) is 3.82. The summed E-state index contributed by atoms with van der Waals surface area (Å²) < 4.78 is 0. The van der Waals surface area contributed by atoms with Crippen molar-refractivity contribution in [1.82, 2.24) is 5.32 Å². The number of amides is 1. The fourth-order valence-electron chi connectivity index (χ4n) is 2.96. The van der Waals surface area contributed by atoms with Gasteiger partial charge in [-0.1, -0.05) is 60.7 Å². The quantitative estimate of drug-likeness (QED) is 0.907.